The average molecular weight is 369 g/mol. The van der Waals surface area contributed by atoms with Gasteiger partial charge < -0.3 is 10.2 Å². The number of hydrogen-bond acceptors (Lipinski definition) is 6. The number of carbonyl (C=O) groups is 1. The molecule has 0 aliphatic carbocycles. The van der Waals surface area contributed by atoms with E-state index in [0.29, 0.717) is 17.4 Å². The van der Waals surface area contributed by atoms with Crippen LogP contribution < -0.4 is 15.8 Å². The van der Waals surface area contributed by atoms with Crippen LogP contribution in [0.15, 0.2) is 22.3 Å². The number of amides is 1. The fourth-order valence-electron chi connectivity index (χ4n) is 3.81. The van der Waals surface area contributed by atoms with E-state index < -0.39 is 17.7 Å². The average Bonchev–Trinajstić information content (AvgIpc) is 3.14. The zero-order valence-corrected chi connectivity index (χ0v) is 15.2. The van der Waals surface area contributed by atoms with Crippen LogP contribution >= 0.6 is 11.3 Å². The van der Waals surface area contributed by atoms with Gasteiger partial charge in [0, 0.05) is 18.0 Å². The normalized spacial score (nSPS) is 25.3. The Morgan fingerprint density at radius 3 is 2.96 bits per heavy atom. The minimum atomic E-state index is -0.940. The minimum absolute atomic E-state index is 0.275. The predicted molar refractivity (Wildman–Crippen MR) is 99.4 cm³/mol. The number of hydrogen-bond donors (Lipinski definition) is 2. The van der Waals surface area contributed by atoms with Crippen molar-refractivity contribution in [2.75, 3.05) is 23.3 Å². The van der Waals surface area contributed by atoms with E-state index in [4.69, 9.17) is 0 Å². The van der Waals surface area contributed by atoms with Gasteiger partial charge in [-0.25, -0.2) is 0 Å². The third-order valence-corrected chi connectivity index (χ3v) is 6.01. The van der Waals surface area contributed by atoms with Gasteiger partial charge >= 0.3 is 0 Å². The van der Waals surface area contributed by atoms with Crippen molar-refractivity contribution in [1.29, 1.82) is 5.26 Å². The molecule has 2 aliphatic rings. The van der Waals surface area contributed by atoms with Gasteiger partial charge in [0.25, 0.3) is 5.56 Å². The molecule has 1 saturated heterocycles. The lowest BCUT2D eigenvalue weighted by atomic mass is 9.83. The molecule has 4 rings (SSSR count). The number of nitrogens with one attached hydrogen (secondary N) is 2. The molecule has 0 saturated carbocycles. The van der Waals surface area contributed by atoms with E-state index in [1.54, 1.807) is 0 Å². The molecule has 0 bridgehead atoms. The largest absolute Gasteiger partial charge is 0.342 e. The van der Waals surface area contributed by atoms with E-state index in [1.807, 2.05) is 23.6 Å². The first-order chi connectivity index (χ1) is 12.6. The quantitative estimate of drug-likeness (QED) is 0.846. The van der Waals surface area contributed by atoms with Crippen molar-refractivity contribution in [3.8, 4) is 6.07 Å². The van der Waals surface area contributed by atoms with Gasteiger partial charge in [-0.1, -0.05) is 13.0 Å². The zero-order chi connectivity index (χ0) is 18.3. The van der Waals surface area contributed by atoms with Crippen LogP contribution in [0.5, 0.6) is 0 Å². The summed E-state index contributed by atoms with van der Waals surface area (Å²) in [6.45, 7) is 3.83. The van der Waals surface area contributed by atoms with E-state index >= 15 is 0 Å². The lowest BCUT2D eigenvalue weighted by Gasteiger charge is -2.33. The van der Waals surface area contributed by atoms with Crippen LogP contribution in [0, 0.1) is 23.2 Å². The summed E-state index contributed by atoms with van der Waals surface area (Å²) in [5.74, 6) is -0.645. The van der Waals surface area contributed by atoms with Crippen molar-refractivity contribution >= 4 is 29.0 Å². The maximum atomic E-state index is 12.9. The van der Waals surface area contributed by atoms with Crippen LogP contribution in [0.25, 0.3) is 0 Å². The Morgan fingerprint density at radius 2 is 2.27 bits per heavy atom. The number of carbonyl (C=O) groups excluding carboxylic acids is 1. The molecule has 2 aromatic rings. The smallest absolute Gasteiger partial charge is 0.258 e. The van der Waals surface area contributed by atoms with Crippen molar-refractivity contribution in [3.63, 3.8) is 0 Å². The number of rotatable bonds is 2. The van der Waals surface area contributed by atoms with Gasteiger partial charge in [0.15, 0.2) is 0 Å². The van der Waals surface area contributed by atoms with Crippen molar-refractivity contribution in [2.24, 2.45) is 11.8 Å². The summed E-state index contributed by atoms with van der Waals surface area (Å²) in [5.41, 5.74) is 0.0780. The van der Waals surface area contributed by atoms with Gasteiger partial charge in [-0.3, -0.25) is 14.6 Å². The van der Waals surface area contributed by atoms with E-state index in [0.717, 1.165) is 30.8 Å². The maximum absolute atomic E-state index is 12.9. The molecule has 2 aromatic heterocycles. The molecule has 0 radical (unpaired) electrons. The summed E-state index contributed by atoms with van der Waals surface area (Å²) < 4.78 is 0. The van der Waals surface area contributed by atoms with Crippen molar-refractivity contribution in [1.82, 2.24) is 9.97 Å². The summed E-state index contributed by atoms with van der Waals surface area (Å²) in [6.07, 6.45) is 2.20. The number of nitrogens with zero attached hydrogens (tertiary/aromatic N) is 3. The molecule has 1 amide bonds. The van der Waals surface area contributed by atoms with Crippen LogP contribution in [0.2, 0.25) is 0 Å². The molecule has 8 heteroatoms. The first-order valence-corrected chi connectivity index (χ1v) is 9.59. The molecule has 2 aliphatic heterocycles. The van der Waals surface area contributed by atoms with Crippen LogP contribution in [0.3, 0.4) is 0 Å². The first-order valence-electron chi connectivity index (χ1n) is 8.71. The number of fused-ring (bicyclic) bond motifs is 1. The molecule has 4 heterocycles. The molecule has 26 heavy (non-hydrogen) atoms. The summed E-state index contributed by atoms with van der Waals surface area (Å²) in [5, 5.41) is 14.0. The number of aromatic nitrogens is 2. The molecular weight excluding hydrogens is 350 g/mol. The molecule has 2 N–H and O–H groups in total. The molecule has 1 fully saturated rings. The topological polar surface area (TPSA) is 102 Å². The molecular formula is C18H19N5O2S. The van der Waals surface area contributed by atoms with Crippen molar-refractivity contribution in [2.45, 2.75) is 25.7 Å². The lowest BCUT2D eigenvalue weighted by Crippen LogP contribution is -2.41. The second-order valence-electron chi connectivity index (χ2n) is 6.93. The number of anilines is 2. The van der Waals surface area contributed by atoms with Crippen molar-refractivity contribution < 1.29 is 4.79 Å². The second-order valence-corrected chi connectivity index (χ2v) is 7.91. The molecule has 0 spiro atoms. The summed E-state index contributed by atoms with van der Waals surface area (Å²) in [4.78, 5) is 35.7. The van der Waals surface area contributed by atoms with E-state index in [-0.39, 0.29) is 11.4 Å². The Morgan fingerprint density at radius 1 is 1.42 bits per heavy atom. The van der Waals surface area contributed by atoms with Crippen LogP contribution in [0.4, 0.5) is 11.8 Å². The Labute approximate surface area is 154 Å². The third kappa shape index (κ3) is 2.78. The molecule has 3 atom stereocenters. The van der Waals surface area contributed by atoms with Gasteiger partial charge in [-0.15, -0.1) is 11.3 Å². The third-order valence-electron chi connectivity index (χ3n) is 5.06. The Hall–Kier alpha value is -2.66. The number of aromatic amines is 1. The van der Waals surface area contributed by atoms with Crippen LogP contribution in [-0.2, 0) is 4.79 Å². The molecule has 7 nitrogen and oxygen atoms in total. The predicted octanol–water partition coefficient (Wildman–Crippen LogP) is 2.29. The number of H-pyrrole nitrogens is 1. The van der Waals surface area contributed by atoms with Crippen LogP contribution in [-0.4, -0.2) is 29.0 Å². The summed E-state index contributed by atoms with van der Waals surface area (Å²) in [6, 6.07) is 5.75. The van der Waals surface area contributed by atoms with Crippen LogP contribution in [0.1, 0.15) is 36.1 Å². The monoisotopic (exact) mass is 369 g/mol. The Bertz CT molecular complexity index is 930. The highest BCUT2D eigenvalue weighted by molar-refractivity contribution is 7.10. The highest BCUT2D eigenvalue weighted by Gasteiger charge is 2.41. The molecule has 0 aromatic carbocycles. The molecule has 134 valence electrons. The second kappa shape index (κ2) is 6.57. The summed E-state index contributed by atoms with van der Waals surface area (Å²) in [7, 11) is 0. The lowest BCUT2D eigenvalue weighted by molar-refractivity contribution is -0.119. The number of thiophene rings is 1. The van der Waals surface area contributed by atoms with Gasteiger partial charge in [0.05, 0.1) is 17.6 Å². The van der Waals surface area contributed by atoms with Gasteiger partial charge in [-0.05, 0) is 30.2 Å². The standard InChI is InChI=1S/C18H19N5O2S/c1-10-4-2-6-23(9-10)18-21-15-14(17(25)22-18)13(12-5-3-7-26-12)11(8-19)16(24)20-15/h3,5,7,10-11,13H,2,4,6,9H2,1H3,(H2,20,21,22,24,25). The van der Waals surface area contributed by atoms with Crippen molar-refractivity contribution in [3.05, 3.63) is 38.3 Å². The number of piperidine rings is 1. The zero-order valence-electron chi connectivity index (χ0n) is 14.4. The Balaban J connectivity index is 1.81. The fourth-order valence-corrected chi connectivity index (χ4v) is 4.68. The maximum Gasteiger partial charge on any atom is 0.258 e. The first kappa shape index (κ1) is 16.8. The molecule has 3 unspecified atom stereocenters. The highest BCUT2D eigenvalue weighted by Crippen LogP contribution is 2.40. The number of nitriles is 1. The van der Waals surface area contributed by atoms with E-state index in [9.17, 15) is 14.9 Å². The van der Waals surface area contributed by atoms with E-state index in [2.05, 4.69) is 27.1 Å². The minimum Gasteiger partial charge on any atom is -0.342 e. The highest BCUT2D eigenvalue weighted by atomic mass is 32.1. The van der Waals surface area contributed by atoms with E-state index in [1.165, 1.54) is 11.3 Å². The van der Waals surface area contributed by atoms with Gasteiger partial charge in [-0.2, -0.15) is 10.2 Å². The SMILES string of the molecule is CC1CCCN(c2nc3c(c(=O)[nH]2)C(c2cccs2)C(C#N)C(=O)N3)C1. The van der Waals surface area contributed by atoms with Gasteiger partial charge in [0.1, 0.15) is 11.7 Å². The summed E-state index contributed by atoms with van der Waals surface area (Å²) >= 11 is 1.43. The Kier molecular flexibility index (Phi) is 4.24. The fraction of sp³-hybridized carbons (Fsp3) is 0.444. The van der Waals surface area contributed by atoms with Gasteiger partial charge in [0.2, 0.25) is 11.9 Å².